The zero-order chi connectivity index (χ0) is 12.8. The molecule has 0 saturated heterocycles. The van der Waals surface area contributed by atoms with Crippen LogP contribution in [0.4, 0.5) is 4.79 Å². The molecule has 2 rings (SSSR count). The molecule has 0 unspecified atom stereocenters. The second-order valence-corrected chi connectivity index (χ2v) is 4.10. The number of aryl methyl sites for hydroxylation is 1. The largest absolute Gasteiger partial charge is 0.445 e. The average molecular weight is 244 g/mol. The second kappa shape index (κ2) is 5.91. The van der Waals surface area contributed by atoms with E-state index in [9.17, 15) is 4.79 Å². The molecule has 0 saturated carbocycles. The number of ether oxygens (including phenoxy) is 1. The number of amides is 1. The molecule has 1 N–H and O–H groups in total. The van der Waals surface area contributed by atoms with Crippen LogP contribution in [0.15, 0.2) is 48.8 Å². The minimum absolute atomic E-state index is 0.293. The predicted octanol–water partition coefficient (Wildman–Crippen LogP) is 2.45. The molecule has 1 aromatic heterocycles. The van der Waals surface area contributed by atoms with Gasteiger partial charge in [-0.3, -0.25) is 0 Å². The van der Waals surface area contributed by atoms with E-state index in [4.69, 9.17) is 4.74 Å². The molecule has 0 fully saturated rings. The molecular formula is C14H16N2O2. The van der Waals surface area contributed by atoms with E-state index in [-0.39, 0.29) is 0 Å². The van der Waals surface area contributed by atoms with Crippen molar-refractivity contribution >= 4 is 6.09 Å². The van der Waals surface area contributed by atoms with Crippen LogP contribution in [-0.4, -0.2) is 10.7 Å². The Hall–Kier alpha value is -2.23. The Bertz CT molecular complexity index is 506. The smallest absolute Gasteiger partial charge is 0.407 e. The van der Waals surface area contributed by atoms with Gasteiger partial charge < -0.3 is 14.6 Å². The molecule has 1 aromatic carbocycles. The summed E-state index contributed by atoms with van der Waals surface area (Å²) in [6.45, 7) is 0.774. The lowest BCUT2D eigenvalue weighted by Gasteiger charge is -2.06. The van der Waals surface area contributed by atoms with Gasteiger partial charge in [-0.2, -0.15) is 0 Å². The van der Waals surface area contributed by atoms with E-state index in [0.717, 1.165) is 11.1 Å². The third-order valence-corrected chi connectivity index (χ3v) is 2.54. The Morgan fingerprint density at radius 2 is 2.00 bits per heavy atom. The third kappa shape index (κ3) is 3.66. The normalized spacial score (nSPS) is 10.1. The Labute approximate surface area is 106 Å². The topological polar surface area (TPSA) is 43.3 Å². The number of hydrogen-bond donors (Lipinski definition) is 1. The van der Waals surface area contributed by atoms with E-state index in [0.29, 0.717) is 13.2 Å². The van der Waals surface area contributed by atoms with Crippen LogP contribution in [0.3, 0.4) is 0 Å². The van der Waals surface area contributed by atoms with Crippen molar-refractivity contribution in [1.29, 1.82) is 0 Å². The number of carbonyl (C=O) groups is 1. The molecule has 0 aliphatic carbocycles. The van der Waals surface area contributed by atoms with Crippen molar-refractivity contribution in [2.45, 2.75) is 13.2 Å². The summed E-state index contributed by atoms with van der Waals surface area (Å²) in [5.74, 6) is 0. The average Bonchev–Trinajstić information content (AvgIpc) is 2.81. The zero-order valence-corrected chi connectivity index (χ0v) is 10.3. The van der Waals surface area contributed by atoms with Crippen LogP contribution in [0.25, 0.3) is 0 Å². The Balaban J connectivity index is 1.73. The fourth-order valence-corrected chi connectivity index (χ4v) is 1.61. The third-order valence-electron chi connectivity index (χ3n) is 2.54. The van der Waals surface area contributed by atoms with E-state index in [1.165, 1.54) is 0 Å². The molecule has 94 valence electrons. The van der Waals surface area contributed by atoms with Gasteiger partial charge in [-0.15, -0.1) is 0 Å². The van der Waals surface area contributed by atoms with Gasteiger partial charge >= 0.3 is 6.09 Å². The number of hydrogen-bond acceptors (Lipinski definition) is 2. The van der Waals surface area contributed by atoms with Crippen LogP contribution in [0, 0.1) is 0 Å². The molecular weight excluding hydrogens is 228 g/mol. The van der Waals surface area contributed by atoms with Crippen LogP contribution in [0.2, 0.25) is 0 Å². The number of benzene rings is 1. The second-order valence-electron chi connectivity index (χ2n) is 4.10. The Kier molecular flexibility index (Phi) is 4.02. The molecule has 0 radical (unpaired) electrons. The van der Waals surface area contributed by atoms with Gasteiger partial charge in [0.2, 0.25) is 0 Å². The van der Waals surface area contributed by atoms with Crippen molar-refractivity contribution in [3.05, 3.63) is 59.9 Å². The summed E-state index contributed by atoms with van der Waals surface area (Å²) >= 11 is 0. The van der Waals surface area contributed by atoms with Crippen molar-refractivity contribution in [1.82, 2.24) is 9.88 Å². The maximum Gasteiger partial charge on any atom is 0.407 e. The number of carbonyl (C=O) groups excluding carboxylic acids is 1. The summed E-state index contributed by atoms with van der Waals surface area (Å²) in [6.07, 6.45) is 3.49. The Morgan fingerprint density at radius 3 is 2.67 bits per heavy atom. The molecule has 1 amide bonds. The highest BCUT2D eigenvalue weighted by atomic mass is 16.5. The lowest BCUT2D eigenvalue weighted by atomic mass is 10.2. The summed E-state index contributed by atoms with van der Waals surface area (Å²) in [4.78, 5) is 11.5. The summed E-state index contributed by atoms with van der Waals surface area (Å²) in [5, 5.41) is 2.71. The van der Waals surface area contributed by atoms with Crippen LogP contribution in [0.1, 0.15) is 11.1 Å². The molecule has 2 aromatic rings. The highest BCUT2D eigenvalue weighted by Crippen LogP contribution is 2.02. The maximum atomic E-state index is 11.5. The van der Waals surface area contributed by atoms with Gasteiger partial charge in [0, 0.05) is 26.0 Å². The highest BCUT2D eigenvalue weighted by Gasteiger charge is 2.02. The minimum Gasteiger partial charge on any atom is -0.445 e. The van der Waals surface area contributed by atoms with E-state index >= 15 is 0 Å². The van der Waals surface area contributed by atoms with E-state index < -0.39 is 6.09 Å². The van der Waals surface area contributed by atoms with Gasteiger partial charge in [0.15, 0.2) is 0 Å². The van der Waals surface area contributed by atoms with Crippen LogP contribution in [0.5, 0.6) is 0 Å². The summed E-state index contributed by atoms with van der Waals surface area (Å²) < 4.78 is 7.04. The van der Waals surface area contributed by atoms with Crippen LogP contribution in [-0.2, 0) is 24.9 Å². The maximum absolute atomic E-state index is 11.5. The van der Waals surface area contributed by atoms with Gasteiger partial charge in [-0.1, -0.05) is 30.3 Å². The highest BCUT2D eigenvalue weighted by molar-refractivity contribution is 5.67. The molecule has 18 heavy (non-hydrogen) atoms. The first-order chi connectivity index (χ1) is 8.74. The predicted molar refractivity (Wildman–Crippen MR) is 68.9 cm³/mol. The van der Waals surface area contributed by atoms with E-state index in [2.05, 4.69) is 5.32 Å². The standard InChI is InChI=1S/C14H16N2O2/c1-16-8-7-13(10-16)9-15-14(17)18-11-12-5-3-2-4-6-12/h2-8,10H,9,11H2,1H3,(H,15,17). The molecule has 4 nitrogen and oxygen atoms in total. The number of nitrogens with one attached hydrogen (secondary N) is 1. The van der Waals surface area contributed by atoms with Gasteiger partial charge in [-0.05, 0) is 17.2 Å². The van der Waals surface area contributed by atoms with Crippen molar-refractivity contribution in [2.24, 2.45) is 7.05 Å². The minimum atomic E-state index is -0.400. The molecule has 4 heteroatoms. The van der Waals surface area contributed by atoms with Crippen LogP contribution >= 0.6 is 0 Å². The van der Waals surface area contributed by atoms with Crippen molar-refractivity contribution in [3.63, 3.8) is 0 Å². The number of aromatic nitrogens is 1. The lowest BCUT2D eigenvalue weighted by Crippen LogP contribution is -2.23. The molecule has 0 bridgehead atoms. The SMILES string of the molecule is Cn1ccc(CNC(=O)OCc2ccccc2)c1. The summed E-state index contributed by atoms with van der Waals surface area (Å²) in [6, 6.07) is 11.6. The zero-order valence-electron chi connectivity index (χ0n) is 10.3. The lowest BCUT2D eigenvalue weighted by molar-refractivity contribution is 0.139. The first-order valence-electron chi connectivity index (χ1n) is 5.79. The van der Waals surface area contributed by atoms with Crippen LogP contribution < -0.4 is 5.32 Å². The van der Waals surface area contributed by atoms with Gasteiger partial charge in [0.05, 0.1) is 0 Å². The summed E-state index contributed by atoms with van der Waals surface area (Å²) in [5.41, 5.74) is 2.03. The van der Waals surface area contributed by atoms with Crippen molar-refractivity contribution < 1.29 is 9.53 Å². The molecule has 0 aliphatic rings. The van der Waals surface area contributed by atoms with Crippen molar-refractivity contribution in [2.75, 3.05) is 0 Å². The number of nitrogens with zero attached hydrogens (tertiary/aromatic N) is 1. The Morgan fingerprint density at radius 1 is 1.22 bits per heavy atom. The fourth-order valence-electron chi connectivity index (χ4n) is 1.61. The fraction of sp³-hybridized carbons (Fsp3) is 0.214. The number of rotatable bonds is 4. The monoisotopic (exact) mass is 244 g/mol. The quantitative estimate of drug-likeness (QED) is 0.897. The van der Waals surface area contributed by atoms with Crippen molar-refractivity contribution in [3.8, 4) is 0 Å². The molecule has 1 heterocycles. The molecule has 0 aliphatic heterocycles. The summed E-state index contributed by atoms with van der Waals surface area (Å²) in [7, 11) is 1.94. The van der Waals surface area contributed by atoms with E-state index in [1.54, 1.807) is 0 Å². The van der Waals surface area contributed by atoms with Gasteiger partial charge in [-0.25, -0.2) is 4.79 Å². The number of alkyl carbamates (subject to hydrolysis) is 1. The molecule has 0 atom stereocenters. The van der Waals surface area contributed by atoms with E-state index in [1.807, 2.05) is 60.4 Å². The van der Waals surface area contributed by atoms with Gasteiger partial charge in [0.25, 0.3) is 0 Å². The first-order valence-corrected chi connectivity index (χ1v) is 5.79. The first kappa shape index (κ1) is 12.2. The molecule has 0 spiro atoms. The van der Waals surface area contributed by atoms with Gasteiger partial charge in [0.1, 0.15) is 6.61 Å².